The number of amides is 3. The number of carbonyl (C=O) groups excluding carboxylic acids is 3. The number of carbonyl (C=O) groups is 3. The van der Waals surface area contributed by atoms with Crippen LogP contribution in [0.2, 0.25) is 0 Å². The topological polar surface area (TPSA) is 89.9 Å². The predicted octanol–water partition coefficient (Wildman–Crippen LogP) is 2.45. The van der Waals surface area contributed by atoms with Crippen molar-refractivity contribution < 1.29 is 23.9 Å². The second kappa shape index (κ2) is 7.19. The Kier molecular flexibility index (Phi) is 4.80. The van der Waals surface area contributed by atoms with E-state index < -0.39 is 17.5 Å². The standard InChI is InChI=1S/C22H25N3O5/c1-13-10-16(14(2)24(13)4)17(26)12-25-20(27)22(3,23-21(25)28)15-6-7-18-19(11-15)30-9-5-8-29-18/h6-7,10-11H,5,8-9,12H2,1-4H3,(H,23,28)/t22-/m1/s1. The van der Waals surface area contributed by atoms with Crippen molar-refractivity contribution in [1.82, 2.24) is 14.8 Å². The van der Waals surface area contributed by atoms with Gasteiger partial charge in [0.15, 0.2) is 17.3 Å². The monoisotopic (exact) mass is 411 g/mol. The third-order valence-corrected chi connectivity index (χ3v) is 5.98. The van der Waals surface area contributed by atoms with Crippen molar-refractivity contribution in [2.24, 2.45) is 7.05 Å². The molecule has 1 fully saturated rings. The molecule has 2 aliphatic rings. The highest BCUT2D eigenvalue weighted by molar-refractivity contribution is 6.11. The molecule has 0 saturated carbocycles. The fraction of sp³-hybridized carbons (Fsp3) is 0.409. The number of Topliss-reactive ketones (excluding diaryl/α,β-unsaturated/α-hetero) is 1. The van der Waals surface area contributed by atoms with E-state index in [4.69, 9.17) is 9.47 Å². The molecular formula is C22H25N3O5. The molecule has 2 aromatic rings. The van der Waals surface area contributed by atoms with Crippen molar-refractivity contribution in [1.29, 1.82) is 0 Å². The highest BCUT2D eigenvalue weighted by Crippen LogP contribution is 2.36. The molecule has 3 amide bonds. The smallest absolute Gasteiger partial charge is 0.325 e. The zero-order valence-corrected chi connectivity index (χ0v) is 17.6. The number of ketones is 1. The highest BCUT2D eigenvalue weighted by Gasteiger charge is 2.50. The molecule has 1 aromatic carbocycles. The average Bonchev–Trinajstić information content (AvgIpc) is 3.00. The Hall–Kier alpha value is -3.29. The number of hydrogen-bond acceptors (Lipinski definition) is 5. The Morgan fingerprint density at radius 1 is 1.13 bits per heavy atom. The van der Waals surface area contributed by atoms with Gasteiger partial charge in [0.25, 0.3) is 5.91 Å². The van der Waals surface area contributed by atoms with E-state index in [1.807, 2.05) is 25.5 Å². The van der Waals surface area contributed by atoms with E-state index in [0.717, 1.165) is 22.7 Å². The van der Waals surface area contributed by atoms with Gasteiger partial charge in [-0.2, -0.15) is 0 Å². The first-order chi connectivity index (χ1) is 14.2. The molecule has 0 aliphatic carbocycles. The minimum atomic E-state index is -1.29. The summed E-state index contributed by atoms with van der Waals surface area (Å²) in [4.78, 5) is 39.6. The summed E-state index contributed by atoms with van der Waals surface area (Å²) in [7, 11) is 1.87. The van der Waals surface area contributed by atoms with Gasteiger partial charge in [0.1, 0.15) is 5.54 Å². The Bertz CT molecular complexity index is 1060. The van der Waals surface area contributed by atoms with Crippen LogP contribution in [0.25, 0.3) is 0 Å². The summed E-state index contributed by atoms with van der Waals surface area (Å²) in [5, 5.41) is 2.74. The van der Waals surface area contributed by atoms with Gasteiger partial charge < -0.3 is 19.4 Å². The van der Waals surface area contributed by atoms with Crippen molar-refractivity contribution in [2.45, 2.75) is 32.7 Å². The molecule has 1 saturated heterocycles. The first-order valence-corrected chi connectivity index (χ1v) is 9.92. The second-order valence-corrected chi connectivity index (χ2v) is 7.93. The SMILES string of the molecule is Cc1cc(C(=O)CN2C(=O)N[C@](C)(c3ccc4c(c3)OCCCO4)C2=O)c(C)n1C. The summed E-state index contributed by atoms with van der Waals surface area (Å²) in [6.45, 7) is 6.15. The first kappa shape index (κ1) is 20.0. The summed E-state index contributed by atoms with van der Waals surface area (Å²) in [6, 6.07) is 6.38. The van der Waals surface area contributed by atoms with E-state index >= 15 is 0 Å². The largest absolute Gasteiger partial charge is 0.490 e. The number of nitrogens with one attached hydrogen (secondary N) is 1. The van der Waals surface area contributed by atoms with Gasteiger partial charge in [-0.3, -0.25) is 14.5 Å². The Labute approximate surface area is 174 Å². The van der Waals surface area contributed by atoms with E-state index in [0.29, 0.717) is 35.8 Å². The van der Waals surface area contributed by atoms with E-state index in [1.165, 1.54) is 0 Å². The fourth-order valence-electron chi connectivity index (χ4n) is 3.88. The molecule has 0 bridgehead atoms. The lowest BCUT2D eigenvalue weighted by Crippen LogP contribution is -2.41. The van der Waals surface area contributed by atoms with Crippen LogP contribution in [-0.2, 0) is 17.4 Å². The quantitative estimate of drug-likeness (QED) is 0.617. The average molecular weight is 411 g/mol. The number of nitrogens with zero attached hydrogens (tertiary/aromatic N) is 2. The zero-order valence-electron chi connectivity index (χ0n) is 17.6. The summed E-state index contributed by atoms with van der Waals surface area (Å²) >= 11 is 0. The van der Waals surface area contributed by atoms with Gasteiger partial charge in [0, 0.05) is 30.4 Å². The van der Waals surface area contributed by atoms with Crippen LogP contribution in [-0.4, -0.2) is 46.9 Å². The summed E-state index contributed by atoms with van der Waals surface area (Å²) in [5.41, 5.74) is 1.54. The molecule has 4 rings (SSSR count). The van der Waals surface area contributed by atoms with Crippen molar-refractivity contribution in [3.8, 4) is 11.5 Å². The van der Waals surface area contributed by atoms with Crippen molar-refractivity contribution >= 4 is 17.7 Å². The normalized spacial score (nSPS) is 20.9. The van der Waals surface area contributed by atoms with Crippen LogP contribution in [0.5, 0.6) is 11.5 Å². The maximum absolute atomic E-state index is 13.2. The number of aryl methyl sites for hydroxylation is 1. The third kappa shape index (κ3) is 3.12. The number of urea groups is 1. The molecule has 8 nitrogen and oxygen atoms in total. The number of fused-ring (bicyclic) bond motifs is 1. The van der Waals surface area contributed by atoms with Gasteiger partial charge in [-0.15, -0.1) is 0 Å². The number of aromatic nitrogens is 1. The van der Waals surface area contributed by atoms with E-state index in [9.17, 15) is 14.4 Å². The van der Waals surface area contributed by atoms with E-state index in [1.54, 1.807) is 31.2 Å². The minimum Gasteiger partial charge on any atom is -0.490 e. The molecule has 3 heterocycles. The lowest BCUT2D eigenvalue weighted by atomic mass is 9.91. The van der Waals surface area contributed by atoms with Gasteiger partial charge in [-0.05, 0) is 44.5 Å². The molecule has 0 unspecified atom stereocenters. The highest BCUT2D eigenvalue weighted by atomic mass is 16.5. The molecule has 0 radical (unpaired) electrons. The molecule has 0 spiro atoms. The Balaban J connectivity index is 1.59. The zero-order chi connectivity index (χ0) is 21.6. The van der Waals surface area contributed by atoms with Gasteiger partial charge in [0.2, 0.25) is 0 Å². The van der Waals surface area contributed by atoms with Crippen molar-refractivity contribution in [2.75, 3.05) is 19.8 Å². The van der Waals surface area contributed by atoms with Crippen LogP contribution in [0.4, 0.5) is 4.79 Å². The van der Waals surface area contributed by atoms with Crippen LogP contribution in [0.3, 0.4) is 0 Å². The number of hydrogen-bond donors (Lipinski definition) is 1. The number of benzene rings is 1. The van der Waals surface area contributed by atoms with Crippen LogP contribution in [0.15, 0.2) is 24.3 Å². The van der Waals surface area contributed by atoms with Crippen LogP contribution < -0.4 is 14.8 Å². The summed E-state index contributed by atoms with van der Waals surface area (Å²) in [6.07, 6.45) is 0.769. The van der Waals surface area contributed by atoms with E-state index in [-0.39, 0.29) is 12.3 Å². The van der Waals surface area contributed by atoms with Crippen LogP contribution >= 0.6 is 0 Å². The van der Waals surface area contributed by atoms with Crippen LogP contribution in [0.1, 0.15) is 40.7 Å². The van der Waals surface area contributed by atoms with Crippen molar-refractivity contribution in [3.05, 3.63) is 46.8 Å². The maximum Gasteiger partial charge on any atom is 0.325 e. The number of ether oxygens (including phenoxy) is 2. The molecule has 1 aromatic heterocycles. The fourth-order valence-corrected chi connectivity index (χ4v) is 3.88. The molecule has 2 aliphatic heterocycles. The van der Waals surface area contributed by atoms with E-state index in [2.05, 4.69) is 5.32 Å². The minimum absolute atomic E-state index is 0.275. The Morgan fingerprint density at radius 3 is 2.50 bits per heavy atom. The lowest BCUT2D eigenvalue weighted by Gasteiger charge is -2.23. The predicted molar refractivity (Wildman–Crippen MR) is 109 cm³/mol. The number of imide groups is 1. The maximum atomic E-state index is 13.2. The molecular weight excluding hydrogens is 386 g/mol. The first-order valence-electron chi connectivity index (χ1n) is 9.92. The molecule has 158 valence electrons. The second-order valence-electron chi connectivity index (χ2n) is 7.93. The molecule has 8 heteroatoms. The Morgan fingerprint density at radius 2 is 1.83 bits per heavy atom. The van der Waals surface area contributed by atoms with Gasteiger partial charge in [0.05, 0.1) is 19.8 Å². The molecule has 30 heavy (non-hydrogen) atoms. The van der Waals surface area contributed by atoms with Crippen LogP contribution in [0, 0.1) is 13.8 Å². The molecule has 1 atom stereocenters. The van der Waals surface area contributed by atoms with Gasteiger partial charge >= 0.3 is 6.03 Å². The van der Waals surface area contributed by atoms with Gasteiger partial charge in [-0.1, -0.05) is 6.07 Å². The summed E-state index contributed by atoms with van der Waals surface area (Å²) in [5.74, 6) is 0.403. The van der Waals surface area contributed by atoms with Gasteiger partial charge in [-0.25, -0.2) is 4.79 Å². The lowest BCUT2D eigenvalue weighted by molar-refractivity contribution is -0.130. The summed E-state index contributed by atoms with van der Waals surface area (Å²) < 4.78 is 13.3. The molecule has 1 N–H and O–H groups in total. The van der Waals surface area contributed by atoms with Crippen molar-refractivity contribution in [3.63, 3.8) is 0 Å². The number of rotatable bonds is 4. The third-order valence-electron chi connectivity index (χ3n) is 5.98.